The third-order valence-corrected chi connectivity index (χ3v) is 5.33. The number of esters is 1. The van der Waals surface area contributed by atoms with E-state index in [1.807, 2.05) is 18.3 Å². The maximum absolute atomic E-state index is 12.1. The fraction of sp³-hybridized carbons (Fsp3) is 0.520. The quantitative estimate of drug-likeness (QED) is 0.587. The number of aromatic nitrogens is 2. The highest BCUT2D eigenvalue weighted by molar-refractivity contribution is 5.81. The van der Waals surface area contributed by atoms with Crippen LogP contribution in [0.5, 0.6) is 0 Å². The minimum absolute atomic E-state index is 0.220. The molecular formula is C25H34N4O4. The molecule has 0 bridgehead atoms. The van der Waals surface area contributed by atoms with Gasteiger partial charge in [-0.25, -0.2) is 14.6 Å². The minimum atomic E-state index is -0.869. The smallest absolute Gasteiger partial charge is 0.408 e. The number of aryl methyl sites for hydroxylation is 3. The van der Waals surface area contributed by atoms with Gasteiger partial charge in [-0.2, -0.15) is 0 Å². The van der Waals surface area contributed by atoms with Crippen molar-refractivity contribution in [2.24, 2.45) is 0 Å². The molecule has 3 rings (SSSR count). The second kappa shape index (κ2) is 11.1. The zero-order valence-corrected chi connectivity index (χ0v) is 19.9. The first-order chi connectivity index (χ1) is 15.7. The van der Waals surface area contributed by atoms with Crippen molar-refractivity contribution in [3.8, 4) is 0 Å². The van der Waals surface area contributed by atoms with E-state index in [0.29, 0.717) is 5.69 Å². The van der Waals surface area contributed by atoms with Crippen LogP contribution in [0.25, 0.3) is 0 Å². The fourth-order valence-electron chi connectivity index (χ4n) is 3.70. The largest absolute Gasteiger partial charge is 0.467 e. The number of hydrogen-bond donors (Lipinski definition) is 2. The third kappa shape index (κ3) is 7.73. The van der Waals surface area contributed by atoms with Gasteiger partial charge in [-0.15, -0.1) is 0 Å². The summed E-state index contributed by atoms with van der Waals surface area (Å²) in [6.07, 6.45) is 6.39. The number of pyridine rings is 2. The van der Waals surface area contributed by atoms with E-state index >= 15 is 0 Å². The molecule has 2 aromatic heterocycles. The second-order valence-electron chi connectivity index (χ2n) is 9.28. The Labute approximate surface area is 195 Å². The van der Waals surface area contributed by atoms with E-state index in [9.17, 15) is 9.59 Å². The lowest BCUT2D eigenvalue weighted by atomic mass is 10.0. The average Bonchev–Trinajstić information content (AvgIpc) is 2.78. The van der Waals surface area contributed by atoms with Crippen LogP contribution in [-0.4, -0.2) is 47.3 Å². The van der Waals surface area contributed by atoms with Crippen LogP contribution in [0, 0.1) is 0 Å². The molecule has 0 radical (unpaired) electrons. The number of rotatable bonds is 8. The van der Waals surface area contributed by atoms with Crippen LogP contribution in [0.3, 0.4) is 0 Å². The Morgan fingerprint density at radius 2 is 1.94 bits per heavy atom. The molecule has 1 aliphatic heterocycles. The summed E-state index contributed by atoms with van der Waals surface area (Å²) in [5.41, 5.74) is 3.55. The summed E-state index contributed by atoms with van der Waals surface area (Å²) in [6, 6.07) is 7.32. The second-order valence-corrected chi connectivity index (χ2v) is 9.28. The van der Waals surface area contributed by atoms with Crippen molar-refractivity contribution >= 4 is 17.9 Å². The fourth-order valence-corrected chi connectivity index (χ4v) is 3.70. The Bertz CT molecular complexity index is 954. The first kappa shape index (κ1) is 24.5. The van der Waals surface area contributed by atoms with Crippen molar-refractivity contribution < 1.29 is 19.1 Å². The Kier molecular flexibility index (Phi) is 8.25. The van der Waals surface area contributed by atoms with E-state index in [4.69, 9.17) is 14.5 Å². The Morgan fingerprint density at radius 3 is 2.64 bits per heavy atom. The first-order valence-electron chi connectivity index (χ1n) is 11.5. The van der Waals surface area contributed by atoms with E-state index in [-0.39, 0.29) is 6.42 Å². The highest BCUT2D eigenvalue weighted by Gasteiger charge is 2.25. The van der Waals surface area contributed by atoms with Gasteiger partial charge in [0.25, 0.3) is 0 Å². The van der Waals surface area contributed by atoms with Crippen LogP contribution in [0.1, 0.15) is 56.1 Å². The summed E-state index contributed by atoms with van der Waals surface area (Å²) in [4.78, 5) is 33.4. The topological polar surface area (TPSA) is 102 Å². The van der Waals surface area contributed by atoms with Crippen LogP contribution in [0.4, 0.5) is 10.6 Å². The number of alkyl carbamates (subject to hydrolysis) is 1. The van der Waals surface area contributed by atoms with Crippen molar-refractivity contribution in [1.29, 1.82) is 0 Å². The first-order valence-corrected chi connectivity index (χ1v) is 11.5. The summed E-state index contributed by atoms with van der Waals surface area (Å²) in [6.45, 7) is 6.28. The molecule has 2 aromatic rings. The third-order valence-electron chi connectivity index (χ3n) is 5.33. The maximum Gasteiger partial charge on any atom is 0.408 e. The van der Waals surface area contributed by atoms with E-state index < -0.39 is 23.7 Å². The summed E-state index contributed by atoms with van der Waals surface area (Å²) >= 11 is 0. The summed E-state index contributed by atoms with van der Waals surface area (Å²) in [5, 5.41) is 5.95. The van der Waals surface area contributed by atoms with Gasteiger partial charge in [-0.1, -0.05) is 12.1 Å². The van der Waals surface area contributed by atoms with E-state index in [0.717, 1.165) is 55.7 Å². The number of carbonyl (C=O) groups is 2. The molecule has 1 amide bonds. The zero-order valence-electron chi connectivity index (χ0n) is 19.9. The molecule has 0 aliphatic carbocycles. The van der Waals surface area contributed by atoms with E-state index in [1.54, 1.807) is 20.8 Å². The maximum atomic E-state index is 12.1. The number of amides is 1. The molecule has 178 valence electrons. The summed E-state index contributed by atoms with van der Waals surface area (Å²) < 4.78 is 10.1. The number of anilines is 1. The van der Waals surface area contributed by atoms with Crippen LogP contribution in [-0.2, 0) is 40.0 Å². The molecule has 0 saturated heterocycles. The Balaban J connectivity index is 1.51. The van der Waals surface area contributed by atoms with Crippen molar-refractivity contribution in [1.82, 2.24) is 15.3 Å². The molecule has 33 heavy (non-hydrogen) atoms. The normalized spacial score (nSPS) is 13.9. The Morgan fingerprint density at radius 1 is 1.15 bits per heavy atom. The number of hydrogen-bond acceptors (Lipinski definition) is 7. The van der Waals surface area contributed by atoms with Gasteiger partial charge in [0.15, 0.2) is 0 Å². The predicted octanol–water partition coefficient (Wildman–Crippen LogP) is 3.62. The van der Waals surface area contributed by atoms with Crippen molar-refractivity contribution in [2.75, 3.05) is 19.0 Å². The van der Waals surface area contributed by atoms with Crippen LogP contribution in [0.2, 0.25) is 0 Å². The highest BCUT2D eigenvalue weighted by atomic mass is 16.6. The Hall–Kier alpha value is -3.16. The van der Waals surface area contributed by atoms with E-state index in [2.05, 4.69) is 27.8 Å². The van der Waals surface area contributed by atoms with Crippen molar-refractivity contribution in [3.63, 3.8) is 0 Å². The van der Waals surface area contributed by atoms with Gasteiger partial charge in [0.2, 0.25) is 0 Å². The van der Waals surface area contributed by atoms with Crippen molar-refractivity contribution in [2.45, 2.75) is 70.9 Å². The molecule has 0 unspecified atom stereocenters. The molecule has 0 fully saturated rings. The van der Waals surface area contributed by atoms with Gasteiger partial charge >= 0.3 is 12.1 Å². The lowest BCUT2D eigenvalue weighted by molar-refractivity contribution is -0.143. The molecule has 8 heteroatoms. The van der Waals surface area contributed by atoms with Gasteiger partial charge in [0.05, 0.1) is 7.11 Å². The van der Waals surface area contributed by atoms with Crippen molar-refractivity contribution in [3.05, 3.63) is 53.0 Å². The molecule has 8 nitrogen and oxygen atoms in total. The van der Waals surface area contributed by atoms with Crippen LogP contribution < -0.4 is 10.6 Å². The van der Waals surface area contributed by atoms with Gasteiger partial charge in [0.1, 0.15) is 17.5 Å². The monoisotopic (exact) mass is 454 g/mol. The van der Waals surface area contributed by atoms with Gasteiger partial charge in [-0.05, 0) is 76.1 Å². The molecule has 1 atom stereocenters. The van der Waals surface area contributed by atoms with Crippen LogP contribution in [0.15, 0.2) is 30.5 Å². The molecule has 0 spiro atoms. The standard InChI is InChI=1S/C25H34N4O4/c1-25(2,3)33-24(31)29-21(23(30)32-4)15-20-12-10-17(16-27-20)7-5-9-19-13-11-18-8-6-14-26-22(18)28-19/h10-13,16,21H,5-9,14-15H2,1-4H3,(H,26,28)(H,29,31)/t21-/m0/s1. The predicted molar refractivity (Wildman–Crippen MR) is 126 cm³/mol. The molecule has 0 saturated carbocycles. The SMILES string of the molecule is COC(=O)[C@H](Cc1ccc(CCCc2ccc3c(n2)NCCC3)cn1)NC(=O)OC(C)(C)C. The number of nitrogens with zero attached hydrogens (tertiary/aromatic N) is 2. The molecule has 2 N–H and O–H groups in total. The summed E-state index contributed by atoms with van der Waals surface area (Å²) in [5.74, 6) is 0.490. The lowest BCUT2D eigenvalue weighted by Crippen LogP contribution is -2.45. The minimum Gasteiger partial charge on any atom is -0.467 e. The summed E-state index contributed by atoms with van der Waals surface area (Å²) in [7, 11) is 1.29. The lowest BCUT2D eigenvalue weighted by Gasteiger charge is -2.22. The molecule has 1 aliphatic rings. The number of carbonyl (C=O) groups excluding carboxylic acids is 2. The number of methoxy groups -OCH3 is 1. The van der Waals surface area contributed by atoms with Gasteiger partial charge in [0, 0.05) is 30.6 Å². The van der Waals surface area contributed by atoms with E-state index in [1.165, 1.54) is 12.7 Å². The highest BCUT2D eigenvalue weighted by Crippen LogP contribution is 2.20. The number of ether oxygens (including phenoxy) is 2. The number of fused-ring (bicyclic) bond motifs is 1. The van der Waals surface area contributed by atoms with Gasteiger partial charge < -0.3 is 20.1 Å². The van der Waals surface area contributed by atoms with Crippen LogP contribution >= 0.6 is 0 Å². The number of nitrogens with one attached hydrogen (secondary N) is 2. The molecular weight excluding hydrogens is 420 g/mol. The zero-order chi connectivity index (χ0) is 23.8. The average molecular weight is 455 g/mol. The molecule has 0 aromatic carbocycles. The molecule has 3 heterocycles. The van der Waals surface area contributed by atoms with Gasteiger partial charge in [-0.3, -0.25) is 4.98 Å².